The van der Waals surface area contributed by atoms with Crippen LogP contribution in [0.4, 0.5) is 4.79 Å². The highest BCUT2D eigenvalue weighted by Gasteiger charge is 2.18. The Morgan fingerprint density at radius 1 is 0.923 bits per heavy atom. The van der Waals surface area contributed by atoms with Crippen LogP contribution in [0.25, 0.3) is 0 Å². The Balaban J connectivity index is 1.36. The van der Waals surface area contributed by atoms with Gasteiger partial charge >= 0.3 is 6.03 Å². The van der Waals surface area contributed by atoms with E-state index in [-0.39, 0.29) is 37.0 Å². The quantitative estimate of drug-likeness (QED) is 0.718. The first-order valence-corrected chi connectivity index (χ1v) is 9.84. The summed E-state index contributed by atoms with van der Waals surface area (Å²) in [4.78, 5) is 28.2. The van der Waals surface area contributed by atoms with E-state index in [1.54, 1.807) is 0 Å². The number of carbonyl (C=O) groups is 2. The first-order chi connectivity index (χ1) is 12.7. The predicted molar refractivity (Wildman–Crippen MR) is 95.3 cm³/mol. The number of rotatable bonds is 6. The fraction of sp³-hybridized carbons (Fsp3) is 0.778. The van der Waals surface area contributed by atoms with Crippen LogP contribution in [0.5, 0.6) is 0 Å². The minimum atomic E-state index is -0.216. The highest BCUT2D eigenvalue weighted by molar-refractivity contribution is 5.78. The van der Waals surface area contributed by atoms with Crippen molar-refractivity contribution in [1.82, 2.24) is 26.1 Å². The van der Waals surface area contributed by atoms with Gasteiger partial charge in [-0.1, -0.05) is 43.7 Å². The minimum absolute atomic E-state index is 0.0766. The Kier molecular flexibility index (Phi) is 6.85. The van der Waals surface area contributed by atoms with E-state index in [2.05, 4.69) is 26.1 Å². The van der Waals surface area contributed by atoms with Crippen LogP contribution in [0.15, 0.2) is 4.52 Å². The van der Waals surface area contributed by atoms with E-state index >= 15 is 0 Å². The van der Waals surface area contributed by atoms with Crippen LogP contribution < -0.4 is 16.0 Å². The number of carbonyl (C=O) groups excluding carboxylic acids is 2. The molecule has 8 nitrogen and oxygen atoms in total. The number of nitrogens with one attached hydrogen (secondary N) is 3. The van der Waals surface area contributed by atoms with Gasteiger partial charge in [0.1, 0.15) is 0 Å². The smallest absolute Gasteiger partial charge is 0.315 e. The standard InChI is InChI=1S/C18H29N5O3/c24-16(20-13-7-3-1-4-8-13)11-15-22-17(26-23-15)12-19-18(25)21-14-9-5-2-6-10-14/h13-14H,1-12H2,(H,20,24)(H2,19,21,25). The van der Waals surface area contributed by atoms with E-state index in [9.17, 15) is 9.59 Å². The highest BCUT2D eigenvalue weighted by Crippen LogP contribution is 2.18. The molecule has 0 aromatic carbocycles. The first-order valence-electron chi connectivity index (χ1n) is 9.84. The van der Waals surface area contributed by atoms with Gasteiger partial charge < -0.3 is 20.5 Å². The number of urea groups is 1. The van der Waals surface area contributed by atoms with Gasteiger partial charge in [0.15, 0.2) is 5.82 Å². The van der Waals surface area contributed by atoms with Crippen molar-refractivity contribution in [2.24, 2.45) is 0 Å². The zero-order chi connectivity index (χ0) is 18.2. The van der Waals surface area contributed by atoms with Crippen molar-refractivity contribution in [2.75, 3.05) is 0 Å². The average molecular weight is 363 g/mol. The molecule has 0 saturated heterocycles. The lowest BCUT2D eigenvalue weighted by Crippen LogP contribution is -2.42. The van der Waals surface area contributed by atoms with Crippen molar-refractivity contribution in [2.45, 2.75) is 89.3 Å². The number of aromatic nitrogens is 2. The molecule has 144 valence electrons. The van der Waals surface area contributed by atoms with E-state index in [4.69, 9.17) is 4.52 Å². The van der Waals surface area contributed by atoms with E-state index < -0.39 is 0 Å². The molecule has 26 heavy (non-hydrogen) atoms. The highest BCUT2D eigenvalue weighted by atomic mass is 16.5. The third kappa shape index (κ3) is 6.00. The summed E-state index contributed by atoms with van der Waals surface area (Å²) in [6.07, 6.45) is 11.4. The van der Waals surface area contributed by atoms with Crippen molar-refractivity contribution in [3.63, 3.8) is 0 Å². The molecule has 0 aliphatic heterocycles. The van der Waals surface area contributed by atoms with Crippen LogP contribution in [0.2, 0.25) is 0 Å². The summed E-state index contributed by atoms with van der Waals surface area (Å²) in [5, 5.41) is 12.6. The topological polar surface area (TPSA) is 109 Å². The average Bonchev–Trinajstić information content (AvgIpc) is 3.09. The number of hydrogen-bond acceptors (Lipinski definition) is 5. The van der Waals surface area contributed by atoms with Crippen LogP contribution in [0.1, 0.15) is 75.9 Å². The van der Waals surface area contributed by atoms with Crippen LogP contribution in [0.3, 0.4) is 0 Å². The second kappa shape index (κ2) is 9.54. The summed E-state index contributed by atoms with van der Waals surface area (Å²) in [5.74, 6) is 0.583. The lowest BCUT2D eigenvalue weighted by Gasteiger charge is -2.22. The SMILES string of the molecule is O=C(Cc1noc(CNC(=O)NC2CCCCC2)n1)NC1CCCCC1. The molecule has 3 rings (SSSR count). The molecule has 3 N–H and O–H groups in total. The molecular formula is C18H29N5O3. The predicted octanol–water partition coefficient (Wildman–Crippen LogP) is 2.19. The van der Waals surface area contributed by atoms with Gasteiger partial charge in [-0.3, -0.25) is 4.79 Å². The number of hydrogen-bond donors (Lipinski definition) is 3. The number of amides is 3. The third-order valence-corrected chi connectivity index (χ3v) is 5.14. The molecule has 1 aromatic heterocycles. The zero-order valence-corrected chi connectivity index (χ0v) is 15.3. The second-order valence-corrected chi connectivity index (χ2v) is 7.35. The largest absolute Gasteiger partial charge is 0.353 e. The molecule has 3 amide bonds. The van der Waals surface area contributed by atoms with Crippen molar-refractivity contribution >= 4 is 11.9 Å². The second-order valence-electron chi connectivity index (χ2n) is 7.35. The van der Waals surface area contributed by atoms with Crippen LogP contribution in [-0.4, -0.2) is 34.2 Å². The summed E-state index contributed by atoms with van der Waals surface area (Å²) >= 11 is 0. The molecular weight excluding hydrogens is 334 g/mol. The van der Waals surface area contributed by atoms with Crippen molar-refractivity contribution < 1.29 is 14.1 Å². The molecule has 0 atom stereocenters. The summed E-state index contributed by atoms with van der Waals surface area (Å²) in [6, 6.07) is 0.310. The molecule has 0 spiro atoms. The first kappa shape index (κ1) is 18.7. The molecule has 0 bridgehead atoms. The maximum absolute atomic E-state index is 12.1. The molecule has 2 fully saturated rings. The van der Waals surface area contributed by atoms with Gasteiger partial charge in [0.25, 0.3) is 0 Å². The van der Waals surface area contributed by atoms with Crippen molar-refractivity contribution in [3.8, 4) is 0 Å². The van der Waals surface area contributed by atoms with Crippen LogP contribution in [0, 0.1) is 0 Å². The van der Waals surface area contributed by atoms with E-state index in [1.807, 2.05) is 0 Å². The third-order valence-electron chi connectivity index (χ3n) is 5.14. The Hall–Kier alpha value is -2.12. The van der Waals surface area contributed by atoms with Crippen LogP contribution >= 0.6 is 0 Å². The molecule has 2 aliphatic carbocycles. The Morgan fingerprint density at radius 2 is 1.54 bits per heavy atom. The Labute approximate surface area is 153 Å². The fourth-order valence-corrected chi connectivity index (χ4v) is 3.74. The Morgan fingerprint density at radius 3 is 2.19 bits per heavy atom. The van der Waals surface area contributed by atoms with Gasteiger partial charge in [-0.2, -0.15) is 4.98 Å². The summed E-state index contributed by atoms with van der Waals surface area (Å²) in [5.41, 5.74) is 0. The molecule has 2 saturated carbocycles. The Bertz CT molecular complexity index is 591. The van der Waals surface area contributed by atoms with Gasteiger partial charge in [-0.15, -0.1) is 0 Å². The van der Waals surface area contributed by atoms with E-state index in [0.29, 0.717) is 11.7 Å². The maximum Gasteiger partial charge on any atom is 0.315 e. The van der Waals surface area contributed by atoms with E-state index in [0.717, 1.165) is 25.7 Å². The molecule has 1 aromatic rings. The number of nitrogens with zero attached hydrogens (tertiary/aromatic N) is 2. The zero-order valence-electron chi connectivity index (χ0n) is 15.3. The molecule has 8 heteroatoms. The van der Waals surface area contributed by atoms with Gasteiger partial charge in [0, 0.05) is 12.1 Å². The summed E-state index contributed by atoms with van der Waals surface area (Å²) < 4.78 is 5.11. The van der Waals surface area contributed by atoms with Crippen molar-refractivity contribution in [3.05, 3.63) is 11.7 Å². The maximum atomic E-state index is 12.1. The summed E-state index contributed by atoms with van der Waals surface area (Å²) in [6.45, 7) is 0.162. The molecule has 0 unspecified atom stereocenters. The lowest BCUT2D eigenvalue weighted by atomic mass is 9.95. The summed E-state index contributed by atoms with van der Waals surface area (Å²) in [7, 11) is 0. The van der Waals surface area contributed by atoms with Crippen molar-refractivity contribution in [1.29, 1.82) is 0 Å². The molecule has 2 aliphatic rings. The van der Waals surface area contributed by atoms with E-state index in [1.165, 1.54) is 38.5 Å². The lowest BCUT2D eigenvalue weighted by molar-refractivity contribution is -0.121. The fourth-order valence-electron chi connectivity index (χ4n) is 3.74. The molecule has 0 radical (unpaired) electrons. The van der Waals surface area contributed by atoms with Gasteiger partial charge in [0.05, 0.1) is 13.0 Å². The van der Waals surface area contributed by atoms with Gasteiger partial charge in [0.2, 0.25) is 11.8 Å². The van der Waals surface area contributed by atoms with Gasteiger partial charge in [-0.05, 0) is 25.7 Å². The van der Waals surface area contributed by atoms with Gasteiger partial charge in [-0.25, -0.2) is 4.79 Å². The normalized spacial score (nSPS) is 19.1. The van der Waals surface area contributed by atoms with Crippen LogP contribution in [-0.2, 0) is 17.8 Å². The monoisotopic (exact) mass is 363 g/mol. The molecule has 1 heterocycles. The minimum Gasteiger partial charge on any atom is -0.353 e.